The summed E-state index contributed by atoms with van der Waals surface area (Å²) in [6, 6.07) is 0. The molecule has 4 nitrogen and oxygen atoms in total. The molecule has 6 heteroatoms. The van der Waals surface area contributed by atoms with Crippen LogP contribution in [0.4, 0.5) is 0 Å². The van der Waals surface area contributed by atoms with Gasteiger partial charge in [-0.2, -0.15) is 0 Å². The summed E-state index contributed by atoms with van der Waals surface area (Å²) < 4.78 is 20.5. The molecular formula is C4H9ClO4S. The minimum atomic E-state index is -3.71. The number of aliphatic hydroxyl groups is 2. The Kier molecular flexibility index (Phi) is 3.58. The SMILES string of the molecule is CC(O)C(O)CS(=O)(=O)Cl. The zero-order chi connectivity index (χ0) is 8.36. The maximum absolute atomic E-state index is 10.2. The van der Waals surface area contributed by atoms with Crippen LogP contribution >= 0.6 is 10.7 Å². The second-order valence-electron chi connectivity index (χ2n) is 2.01. The lowest BCUT2D eigenvalue weighted by Crippen LogP contribution is -2.28. The molecule has 0 rings (SSSR count). The summed E-state index contributed by atoms with van der Waals surface area (Å²) in [5, 5.41) is 17.4. The molecule has 10 heavy (non-hydrogen) atoms. The monoisotopic (exact) mass is 188 g/mol. The second-order valence-corrected chi connectivity index (χ2v) is 4.84. The average Bonchev–Trinajstić information content (AvgIpc) is 1.60. The third-order valence-corrected chi connectivity index (χ3v) is 2.04. The Morgan fingerprint density at radius 2 is 1.90 bits per heavy atom. The van der Waals surface area contributed by atoms with Gasteiger partial charge in [-0.05, 0) is 6.92 Å². The molecule has 0 amide bonds. The van der Waals surface area contributed by atoms with Crippen LogP contribution in [0.2, 0.25) is 0 Å². The first kappa shape index (κ1) is 10.2. The van der Waals surface area contributed by atoms with Gasteiger partial charge in [0.15, 0.2) is 0 Å². The van der Waals surface area contributed by atoms with E-state index in [4.69, 9.17) is 20.9 Å². The van der Waals surface area contributed by atoms with Crippen LogP contribution < -0.4 is 0 Å². The Morgan fingerprint density at radius 1 is 1.50 bits per heavy atom. The van der Waals surface area contributed by atoms with Gasteiger partial charge >= 0.3 is 0 Å². The standard InChI is InChI=1S/C4H9ClO4S/c1-3(6)4(7)2-10(5,8)9/h3-4,6-7H,2H2,1H3. The normalized spacial score (nSPS) is 18.4. The third-order valence-electron chi connectivity index (χ3n) is 0.927. The van der Waals surface area contributed by atoms with Gasteiger partial charge in [0.25, 0.3) is 0 Å². The lowest BCUT2D eigenvalue weighted by atomic mass is 10.3. The van der Waals surface area contributed by atoms with Crippen molar-refractivity contribution in [3.8, 4) is 0 Å². The van der Waals surface area contributed by atoms with Crippen LogP contribution in [0.3, 0.4) is 0 Å². The topological polar surface area (TPSA) is 74.6 Å². The summed E-state index contributed by atoms with van der Waals surface area (Å²) in [7, 11) is 1.07. The van der Waals surface area contributed by atoms with Crippen LogP contribution in [-0.4, -0.2) is 36.6 Å². The van der Waals surface area contributed by atoms with Gasteiger partial charge in [0.1, 0.15) is 0 Å². The molecule has 0 aromatic rings. The van der Waals surface area contributed by atoms with Crippen molar-refractivity contribution >= 4 is 19.7 Å². The van der Waals surface area contributed by atoms with Crippen molar-refractivity contribution in [1.29, 1.82) is 0 Å². The lowest BCUT2D eigenvalue weighted by Gasteiger charge is -2.09. The van der Waals surface area contributed by atoms with Gasteiger partial charge in [0.2, 0.25) is 9.05 Å². The molecule has 2 unspecified atom stereocenters. The van der Waals surface area contributed by atoms with Crippen LogP contribution in [0, 0.1) is 0 Å². The van der Waals surface area contributed by atoms with Crippen molar-refractivity contribution in [3.63, 3.8) is 0 Å². The van der Waals surface area contributed by atoms with E-state index >= 15 is 0 Å². The van der Waals surface area contributed by atoms with Gasteiger partial charge in [0.05, 0.1) is 18.0 Å². The summed E-state index contributed by atoms with van der Waals surface area (Å²) in [6.07, 6.45) is -2.38. The molecule has 2 N–H and O–H groups in total. The highest BCUT2D eigenvalue weighted by molar-refractivity contribution is 8.13. The fourth-order valence-corrected chi connectivity index (χ4v) is 1.42. The van der Waals surface area contributed by atoms with Gasteiger partial charge in [0, 0.05) is 10.7 Å². The van der Waals surface area contributed by atoms with Crippen molar-refractivity contribution in [3.05, 3.63) is 0 Å². The number of hydrogen-bond acceptors (Lipinski definition) is 4. The predicted molar refractivity (Wildman–Crippen MR) is 37.3 cm³/mol. The molecule has 0 aliphatic heterocycles. The van der Waals surface area contributed by atoms with Crippen LogP contribution in [0.1, 0.15) is 6.92 Å². The summed E-state index contributed by atoms with van der Waals surface area (Å²) in [5.41, 5.74) is 0. The molecule has 0 aliphatic carbocycles. The zero-order valence-corrected chi connectivity index (χ0v) is 6.93. The first-order valence-electron chi connectivity index (χ1n) is 2.61. The minimum Gasteiger partial charge on any atom is -0.391 e. The highest BCUT2D eigenvalue weighted by Crippen LogP contribution is 2.02. The Hall–Kier alpha value is 0.160. The first-order valence-corrected chi connectivity index (χ1v) is 5.09. The predicted octanol–water partition coefficient (Wildman–Crippen LogP) is -0.703. The molecule has 2 atom stereocenters. The third kappa shape index (κ3) is 4.99. The summed E-state index contributed by atoms with van der Waals surface area (Å²) in [4.78, 5) is 0. The second kappa shape index (κ2) is 3.52. The lowest BCUT2D eigenvalue weighted by molar-refractivity contribution is 0.0460. The van der Waals surface area contributed by atoms with E-state index in [-0.39, 0.29) is 0 Å². The van der Waals surface area contributed by atoms with E-state index in [0.717, 1.165) is 0 Å². The van der Waals surface area contributed by atoms with Crippen LogP contribution in [0.25, 0.3) is 0 Å². The van der Waals surface area contributed by atoms with Crippen molar-refractivity contribution in [1.82, 2.24) is 0 Å². The fraction of sp³-hybridized carbons (Fsp3) is 1.00. The van der Waals surface area contributed by atoms with Crippen molar-refractivity contribution in [2.24, 2.45) is 0 Å². The highest BCUT2D eigenvalue weighted by atomic mass is 35.7. The van der Waals surface area contributed by atoms with Crippen LogP contribution in [-0.2, 0) is 9.05 Å². The zero-order valence-electron chi connectivity index (χ0n) is 5.36. The molecule has 0 saturated carbocycles. The molecule has 0 bridgehead atoms. The van der Waals surface area contributed by atoms with E-state index in [2.05, 4.69) is 0 Å². The van der Waals surface area contributed by atoms with E-state index < -0.39 is 27.0 Å². The summed E-state index contributed by atoms with van der Waals surface area (Å²) >= 11 is 0. The molecule has 0 aliphatic rings. The highest BCUT2D eigenvalue weighted by Gasteiger charge is 2.18. The maximum Gasteiger partial charge on any atom is 0.235 e. The molecule has 0 aromatic carbocycles. The largest absolute Gasteiger partial charge is 0.391 e. The number of halogens is 1. The van der Waals surface area contributed by atoms with E-state index in [9.17, 15) is 8.42 Å². The minimum absolute atomic E-state index is 0.619. The van der Waals surface area contributed by atoms with E-state index in [0.29, 0.717) is 0 Å². The summed E-state index contributed by atoms with van der Waals surface area (Å²) in [5.74, 6) is -0.619. The van der Waals surface area contributed by atoms with Gasteiger partial charge in [-0.15, -0.1) is 0 Å². The number of hydrogen-bond donors (Lipinski definition) is 2. The van der Waals surface area contributed by atoms with Crippen molar-refractivity contribution in [2.75, 3.05) is 5.75 Å². The number of aliphatic hydroxyl groups excluding tert-OH is 2. The Labute approximate surface area is 63.9 Å². The molecule has 62 valence electrons. The maximum atomic E-state index is 10.2. The average molecular weight is 189 g/mol. The molecule has 0 saturated heterocycles. The molecule has 0 heterocycles. The smallest absolute Gasteiger partial charge is 0.235 e. The van der Waals surface area contributed by atoms with E-state index in [1.54, 1.807) is 0 Å². The van der Waals surface area contributed by atoms with Crippen molar-refractivity contribution < 1.29 is 18.6 Å². The molecule has 0 fully saturated rings. The first-order chi connectivity index (χ1) is 4.33. The molecular weight excluding hydrogens is 180 g/mol. The quantitative estimate of drug-likeness (QED) is 0.575. The fourth-order valence-electron chi connectivity index (χ4n) is 0.343. The van der Waals surface area contributed by atoms with Crippen LogP contribution in [0.5, 0.6) is 0 Å². The van der Waals surface area contributed by atoms with Gasteiger partial charge < -0.3 is 10.2 Å². The Morgan fingerprint density at radius 3 is 2.00 bits per heavy atom. The van der Waals surface area contributed by atoms with Gasteiger partial charge in [-0.1, -0.05) is 0 Å². The van der Waals surface area contributed by atoms with Crippen molar-refractivity contribution in [2.45, 2.75) is 19.1 Å². The Balaban J connectivity index is 3.93. The van der Waals surface area contributed by atoms with E-state index in [1.807, 2.05) is 0 Å². The van der Waals surface area contributed by atoms with Crippen LogP contribution in [0.15, 0.2) is 0 Å². The number of rotatable bonds is 3. The molecule has 0 aromatic heterocycles. The summed E-state index contributed by atoms with van der Waals surface area (Å²) in [6.45, 7) is 1.28. The van der Waals surface area contributed by atoms with Gasteiger partial charge in [-0.3, -0.25) is 0 Å². The van der Waals surface area contributed by atoms with E-state index in [1.165, 1.54) is 6.92 Å². The Bertz CT molecular complexity index is 185. The molecule has 0 radical (unpaired) electrons. The molecule has 0 spiro atoms. The van der Waals surface area contributed by atoms with Gasteiger partial charge in [-0.25, -0.2) is 8.42 Å².